The van der Waals surface area contributed by atoms with E-state index in [1.807, 2.05) is 49.8 Å². The zero-order valence-electron chi connectivity index (χ0n) is 18.0. The normalized spacial score (nSPS) is 24.7. The molecular weight excluding hydrogens is 476 g/mol. The Morgan fingerprint density at radius 1 is 1.23 bits per heavy atom. The number of hydrogen-bond acceptors (Lipinski definition) is 6. The first-order chi connectivity index (χ1) is 14.8. The third-order valence-corrected chi connectivity index (χ3v) is 8.69. The summed E-state index contributed by atoms with van der Waals surface area (Å²) in [4.78, 5) is 16.1. The van der Waals surface area contributed by atoms with E-state index < -0.39 is 11.4 Å². The van der Waals surface area contributed by atoms with Crippen LogP contribution in [0.15, 0.2) is 41.4 Å². The molecule has 5 rings (SSSR count). The number of rotatable bonds is 3. The molecule has 1 aliphatic carbocycles. The molecule has 7 nitrogen and oxygen atoms in total. The van der Waals surface area contributed by atoms with Crippen LogP contribution >= 0.6 is 15.9 Å². The molecule has 0 saturated carbocycles. The molecule has 1 fully saturated rings. The van der Waals surface area contributed by atoms with Gasteiger partial charge < -0.3 is 9.45 Å². The third-order valence-electron chi connectivity index (χ3n) is 6.52. The zero-order valence-corrected chi connectivity index (χ0v) is 20.4. The van der Waals surface area contributed by atoms with Gasteiger partial charge in [0.15, 0.2) is 5.65 Å². The molecule has 1 N–H and O–H groups in total. The lowest BCUT2D eigenvalue weighted by molar-refractivity contribution is 0.178. The van der Waals surface area contributed by atoms with Crippen LogP contribution in [0.4, 0.5) is 5.95 Å². The Morgan fingerprint density at radius 3 is 2.84 bits per heavy atom. The number of nitrogens with zero attached hydrogens (tertiary/aromatic N) is 5. The predicted octanol–water partition coefficient (Wildman–Crippen LogP) is 3.30. The minimum Gasteiger partial charge on any atom is -0.598 e. The van der Waals surface area contributed by atoms with Gasteiger partial charge in [-0.3, -0.25) is 9.38 Å². The van der Waals surface area contributed by atoms with E-state index in [9.17, 15) is 4.55 Å². The standard InChI is InChI=1S/C22H27BrN6OS/c1-21(2,3)31(30)27-18-14-28(20-26-13-16(23)19-25-8-10-29(19)20)9-6-22(18)11-15-5-4-7-24-17(15)12-22/h4-5,7-8,10,13,18,27H,6,9,11-12,14H2,1-3H3. The fraction of sp³-hybridized carbons (Fsp3) is 0.500. The van der Waals surface area contributed by atoms with Gasteiger partial charge in [0.1, 0.15) is 4.75 Å². The van der Waals surface area contributed by atoms with E-state index >= 15 is 0 Å². The van der Waals surface area contributed by atoms with Crippen molar-refractivity contribution in [3.63, 3.8) is 0 Å². The van der Waals surface area contributed by atoms with Crippen LogP contribution in [0.5, 0.6) is 0 Å². The fourth-order valence-electron chi connectivity index (χ4n) is 4.79. The molecule has 2 aliphatic rings. The molecular formula is C22H27BrN6OS. The summed E-state index contributed by atoms with van der Waals surface area (Å²) in [5.74, 6) is 0.868. The van der Waals surface area contributed by atoms with Crippen molar-refractivity contribution in [3.8, 4) is 0 Å². The van der Waals surface area contributed by atoms with Gasteiger partial charge in [-0.05, 0) is 67.6 Å². The first-order valence-electron chi connectivity index (χ1n) is 10.6. The summed E-state index contributed by atoms with van der Waals surface area (Å²) in [5.41, 5.74) is 3.37. The molecule has 1 aliphatic heterocycles. The minimum absolute atomic E-state index is 0.0114. The number of imidazole rings is 1. The van der Waals surface area contributed by atoms with Crippen molar-refractivity contribution in [2.24, 2.45) is 5.41 Å². The highest BCUT2D eigenvalue weighted by atomic mass is 79.9. The molecule has 31 heavy (non-hydrogen) atoms. The van der Waals surface area contributed by atoms with Gasteiger partial charge >= 0.3 is 0 Å². The van der Waals surface area contributed by atoms with Gasteiger partial charge in [0.25, 0.3) is 0 Å². The van der Waals surface area contributed by atoms with Gasteiger partial charge in [0, 0.05) is 60.3 Å². The number of aromatic nitrogens is 4. The highest BCUT2D eigenvalue weighted by Gasteiger charge is 2.50. The molecule has 3 unspecified atom stereocenters. The molecule has 0 bridgehead atoms. The van der Waals surface area contributed by atoms with E-state index in [0.717, 1.165) is 48.4 Å². The van der Waals surface area contributed by atoms with Crippen LogP contribution in [0, 0.1) is 5.41 Å². The van der Waals surface area contributed by atoms with Crippen LogP contribution < -0.4 is 9.62 Å². The van der Waals surface area contributed by atoms with E-state index in [2.05, 4.69) is 41.6 Å². The summed E-state index contributed by atoms with van der Waals surface area (Å²) in [5, 5.41) is 0. The summed E-state index contributed by atoms with van der Waals surface area (Å²) < 4.78 is 19.2. The maximum absolute atomic E-state index is 13.1. The Bertz CT molecular complexity index is 1090. The maximum atomic E-state index is 13.1. The Labute approximate surface area is 194 Å². The number of hydrogen-bond donors (Lipinski definition) is 1. The molecule has 0 aromatic carbocycles. The monoisotopic (exact) mass is 502 g/mol. The molecule has 3 atom stereocenters. The molecule has 9 heteroatoms. The van der Waals surface area contributed by atoms with Crippen LogP contribution in [-0.2, 0) is 24.2 Å². The van der Waals surface area contributed by atoms with Gasteiger partial charge in [0.05, 0.1) is 10.5 Å². The maximum Gasteiger partial charge on any atom is 0.211 e. The molecule has 0 amide bonds. The summed E-state index contributed by atoms with van der Waals surface area (Å²) in [6.45, 7) is 7.66. The molecule has 1 saturated heterocycles. The van der Waals surface area contributed by atoms with E-state index in [-0.39, 0.29) is 16.2 Å². The van der Waals surface area contributed by atoms with Gasteiger partial charge in [-0.25, -0.2) is 9.97 Å². The number of halogens is 1. The second kappa shape index (κ2) is 7.72. The smallest absolute Gasteiger partial charge is 0.211 e. The van der Waals surface area contributed by atoms with Crippen molar-refractivity contribution in [2.45, 2.75) is 50.8 Å². The summed E-state index contributed by atoms with van der Waals surface area (Å²) in [6, 6.07) is 4.26. The summed E-state index contributed by atoms with van der Waals surface area (Å²) in [7, 11) is 0. The Morgan fingerprint density at radius 2 is 2.06 bits per heavy atom. The lowest BCUT2D eigenvalue weighted by Crippen LogP contribution is -2.61. The lowest BCUT2D eigenvalue weighted by Gasteiger charge is -2.46. The van der Waals surface area contributed by atoms with Gasteiger partial charge in [0.2, 0.25) is 5.95 Å². The minimum atomic E-state index is -1.16. The van der Waals surface area contributed by atoms with Crippen molar-refractivity contribution < 1.29 is 4.55 Å². The highest BCUT2D eigenvalue weighted by molar-refractivity contribution is 9.10. The Kier molecular flexibility index (Phi) is 5.28. The van der Waals surface area contributed by atoms with Crippen LogP contribution in [0.2, 0.25) is 0 Å². The van der Waals surface area contributed by atoms with E-state index in [4.69, 9.17) is 4.98 Å². The zero-order chi connectivity index (χ0) is 21.8. The first kappa shape index (κ1) is 21.2. The lowest BCUT2D eigenvalue weighted by atomic mass is 9.72. The second-order valence-corrected chi connectivity index (χ2v) is 12.5. The van der Waals surface area contributed by atoms with Gasteiger partial charge in [-0.1, -0.05) is 6.07 Å². The first-order valence-corrected chi connectivity index (χ1v) is 12.5. The summed E-state index contributed by atoms with van der Waals surface area (Å²) >= 11 is 2.38. The fourth-order valence-corrected chi connectivity index (χ4v) is 6.12. The molecule has 4 heterocycles. The Hall–Kier alpha value is -1.68. The molecule has 3 aromatic heterocycles. The number of pyridine rings is 1. The van der Waals surface area contributed by atoms with Gasteiger partial charge in [-0.2, -0.15) is 0 Å². The van der Waals surface area contributed by atoms with Crippen molar-refractivity contribution in [2.75, 3.05) is 18.0 Å². The van der Waals surface area contributed by atoms with E-state index in [1.165, 1.54) is 11.3 Å². The van der Waals surface area contributed by atoms with Crippen LogP contribution in [0.1, 0.15) is 38.4 Å². The second-order valence-electron chi connectivity index (χ2n) is 9.60. The number of nitrogens with one attached hydrogen (secondary N) is 1. The van der Waals surface area contributed by atoms with Crippen LogP contribution in [-0.4, -0.2) is 47.8 Å². The highest BCUT2D eigenvalue weighted by Crippen LogP contribution is 2.45. The molecule has 164 valence electrons. The number of fused-ring (bicyclic) bond motifs is 2. The van der Waals surface area contributed by atoms with Crippen LogP contribution in [0.3, 0.4) is 0 Å². The van der Waals surface area contributed by atoms with Crippen molar-refractivity contribution in [3.05, 3.63) is 52.7 Å². The molecule has 3 aromatic rings. The SMILES string of the molecule is CC(C)(C)[S+]([O-])NC1CN(c2ncc(Br)c3nccn23)CCC12Cc1cccnc1C2. The molecule has 0 radical (unpaired) electrons. The van der Waals surface area contributed by atoms with Crippen molar-refractivity contribution in [1.29, 1.82) is 0 Å². The van der Waals surface area contributed by atoms with Crippen molar-refractivity contribution in [1.82, 2.24) is 24.1 Å². The average Bonchev–Trinajstić information content (AvgIpc) is 3.35. The Balaban J connectivity index is 1.48. The quantitative estimate of drug-likeness (QED) is 0.553. The van der Waals surface area contributed by atoms with E-state index in [1.54, 1.807) is 6.20 Å². The van der Waals surface area contributed by atoms with E-state index in [0.29, 0.717) is 0 Å². The third kappa shape index (κ3) is 3.75. The van der Waals surface area contributed by atoms with Crippen LogP contribution in [0.25, 0.3) is 5.65 Å². The number of anilines is 1. The molecule has 1 spiro atoms. The topological polar surface area (TPSA) is 81.4 Å². The summed E-state index contributed by atoms with van der Waals surface area (Å²) in [6.07, 6.45) is 10.3. The average molecular weight is 503 g/mol. The largest absolute Gasteiger partial charge is 0.598 e. The van der Waals surface area contributed by atoms with Gasteiger partial charge in [-0.15, -0.1) is 4.72 Å². The van der Waals surface area contributed by atoms with Crippen molar-refractivity contribution >= 4 is 38.9 Å². The number of piperidine rings is 1. The predicted molar refractivity (Wildman–Crippen MR) is 126 cm³/mol.